The molecule has 0 aliphatic rings. The van der Waals surface area contributed by atoms with Gasteiger partial charge in [-0.25, -0.2) is 0 Å². The highest BCUT2D eigenvalue weighted by Gasteiger charge is 2.17. The van der Waals surface area contributed by atoms with Crippen LogP contribution in [0.3, 0.4) is 0 Å². The molecule has 0 fully saturated rings. The molecule has 0 atom stereocenters. The lowest BCUT2D eigenvalue weighted by Gasteiger charge is -2.11. The predicted octanol–water partition coefficient (Wildman–Crippen LogP) is 11.2. The number of benzene rings is 6. The fourth-order valence-electron chi connectivity index (χ4n) is 6.79. The van der Waals surface area contributed by atoms with E-state index >= 15 is 0 Å². The summed E-state index contributed by atoms with van der Waals surface area (Å²) in [6.07, 6.45) is 3.84. The van der Waals surface area contributed by atoms with Crippen LogP contribution >= 0.6 is 0 Å². The Kier molecular flexibility index (Phi) is 6.48. The van der Waals surface area contributed by atoms with Crippen LogP contribution in [0, 0.1) is 11.3 Å². The van der Waals surface area contributed by atoms with Gasteiger partial charge in [0.15, 0.2) is 0 Å². The lowest BCUT2D eigenvalue weighted by molar-refractivity contribution is 1.11. The third-order valence-corrected chi connectivity index (χ3v) is 8.91. The number of nitriles is 1. The lowest BCUT2D eigenvalue weighted by Crippen LogP contribution is -1.97. The standard InChI is InChI=1S/C43H29N3/c1-3-36-38-26-32(33-20-24-43-39(27-33)37-15-8-9-16-41(37)46(43)34-13-6-5-7-14-34)19-23-42(38)45(40(36)4-2)35-21-17-30(18-22-35)31-12-10-11-29(25-31)28-44/h3-27H,1-2H2. The Morgan fingerprint density at radius 2 is 1.09 bits per heavy atom. The lowest BCUT2D eigenvalue weighted by atomic mass is 10.00. The highest BCUT2D eigenvalue weighted by Crippen LogP contribution is 2.38. The van der Waals surface area contributed by atoms with Gasteiger partial charge in [-0.1, -0.05) is 92.0 Å². The molecule has 2 heterocycles. The highest BCUT2D eigenvalue weighted by molar-refractivity contribution is 6.10. The molecule has 46 heavy (non-hydrogen) atoms. The van der Waals surface area contributed by atoms with Gasteiger partial charge in [-0.2, -0.15) is 5.26 Å². The fraction of sp³-hybridized carbons (Fsp3) is 0. The maximum Gasteiger partial charge on any atom is 0.0991 e. The number of hydrogen-bond acceptors (Lipinski definition) is 1. The zero-order valence-electron chi connectivity index (χ0n) is 25.2. The second kappa shape index (κ2) is 11.0. The average molecular weight is 588 g/mol. The summed E-state index contributed by atoms with van der Waals surface area (Å²) >= 11 is 0. The van der Waals surface area contributed by atoms with Crippen LogP contribution in [0.1, 0.15) is 16.8 Å². The van der Waals surface area contributed by atoms with Crippen LogP contribution in [0.5, 0.6) is 0 Å². The molecule has 0 aliphatic carbocycles. The Bertz CT molecular complexity index is 2500. The van der Waals surface area contributed by atoms with Crippen LogP contribution < -0.4 is 0 Å². The van der Waals surface area contributed by atoms with Crippen LogP contribution in [0.2, 0.25) is 0 Å². The van der Waals surface area contributed by atoms with E-state index in [-0.39, 0.29) is 0 Å². The van der Waals surface area contributed by atoms with E-state index in [1.807, 2.05) is 36.4 Å². The fourth-order valence-corrected chi connectivity index (χ4v) is 6.79. The second-order valence-electron chi connectivity index (χ2n) is 11.4. The van der Waals surface area contributed by atoms with Crippen molar-refractivity contribution in [3.63, 3.8) is 0 Å². The van der Waals surface area contributed by atoms with Crippen molar-refractivity contribution >= 4 is 44.9 Å². The predicted molar refractivity (Wildman–Crippen MR) is 193 cm³/mol. The van der Waals surface area contributed by atoms with Crippen molar-refractivity contribution < 1.29 is 0 Å². The molecule has 0 bridgehead atoms. The van der Waals surface area contributed by atoms with Crippen molar-refractivity contribution in [2.75, 3.05) is 0 Å². The third-order valence-electron chi connectivity index (χ3n) is 8.91. The van der Waals surface area contributed by atoms with Crippen molar-refractivity contribution in [2.45, 2.75) is 0 Å². The second-order valence-corrected chi connectivity index (χ2v) is 11.4. The molecule has 8 aromatic rings. The van der Waals surface area contributed by atoms with Crippen LogP contribution in [0.25, 0.3) is 78.5 Å². The van der Waals surface area contributed by atoms with Gasteiger partial charge in [-0.15, -0.1) is 0 Å². The third kappa shape index (κ3) is 4.28. The molecule has 0 radical (unpaired) electrons. The van der Waals surface area contributed by atoms with Gasteiger partial charge in [-0.05, 0) is 95.1 Å². The van der Waals surface area contributed by atoms with Crippen molar-refractivity contribution in [2.24, 2.45) is 0 Å². The minimum atomic E-state index is 0.652. The molecular formula is C43H29N3. The molecule has 0 saturated heterocycles. The summed E-state index contributed by atoms with van der Waals surface area (Å²) in [5, 5.41) is 12.9. The Morgan fingerprint density at radius 3 is 1.80 bits per heavy atom. The largest absolute Gasteiger partial charge is 0.309 e. The number of rotatable bonds is 6. The molecule has 8 rings (SSSR count). The first-order valence-electron chi connectivity index (χ1n) is 15.3. The Balaban J connectivity index is 1.26. The van der Waals surface area contributed by atoms with Crippen molar-refractivity contribution in [1.29, 1.82) is 5.26 Å². The number of hydrogen-bond donors (Lipinski definition) is 0. The average Bonchev–Trinajstić information content (AvgIpc) is 3.63. The summed E-state index contributed by atoms with van der Waals surface area (Å²) in [5.41, 5.74) is 12.8. The maximum atomic E-state index is 9.34. The first kappa shape index (κ1) is 27.2. The Labute approximate surface area is 267 Å². The molecule has 6 aromatic carbocycles. The molecular weight excluding hydrogens is 558 g/mol. The van der Waals surface area contributed by atoms with Crippen molar-refractivity contribution in [1.82, 2.24) is 9.13 Å². The summed E-state index contributed by atoms with van der Waals surface area (Å²) in [4.78, 5) is 0. The first-order valence-corrected chi connectivity index (χ1v) is 15.3. The molecule has 216 valence electrons. The minimum Gasteiger partial charge on any atom is -0.309 e. The van der Waals surface area contributed by atoms with Crippen molar-refractivity contribution in [3.05, 3.63) is 170 Å². The number of fused-ring (bicyclic) bond motifs is 4. The monoisotopic (exact) mass is 587 g/mol. The molecule has 0 saturated carbocycles. The Hall–Kier alpha value is -6.37. The molecule has 3 heteroatoms. The van der Waals surface area contributed by atoms with Crippen LogP contribution in [-0.4, -0.2) is 9.13 Å². The Morgan fingerprint density at radius 1 is 0.478 bits per heavy atom. The number of nitrogens with zero attached hydrogens (tertiary/aromatic N) is 3. The van der Waals surface area contributed by atoms with Crippen LogP contribution in [0.15, 0.2) is 153 Å². The topological polar surface area (TPSA) is 33.6 Å². The molecule has 0 unspecified atom stereocenters. The van der Waals surface area contributed by atoms with E-state index < -0.39 is 0 Å². The normalized spacial score (nSPS) is 11.2. The van der Waals surface area contributed by atoms with Gasteiger partial charge < -0.3 is 9.13 Å². The van der Waals surface area contributed by atoms with Gasteiger partial charge >= 0.3 is 0 Å². The molecule has 0 amide bonds. The van der Waals surface area contributed by atoms with Gasteiger partial charge in [0.25, 0.3) is 0 Å². The van der Waals surface area contributed by atoms with E-state index in [1.54, 1.807) is 0 Å². The van der Waals surface area contributed by atoms with Gasteiger partial charge in [0.1, 0.15) is 0 Å². The van der Waals surface area contributed by atoms with E-state index in [0.29, 0.717) is 5.56 Å². The molecule has 2 aromatic heterocycles. The first-order chi connectivity index (χ1) is 22.7. The smallest absolute Gasteiger partial charge is 0.0991 e. The maximum absolute atomic E-state index is 9.34. The minimum absolute atomic E-state index is 0.652. The van der Waals surface area contributed by atoms with E-state index in [4.69, 9.17) is 0 Å². The van der Waals surface area contributed by atoms with E-state index in [1.165, 1.54) is 21.8 Å². The van der Waals surface area contributed by atoms with Gasteiger partial charge in [-0.3, -0.25) is 0 Å². The molecule has 3 nitrogen and oxygen atoms in total. The highest BCUT2D eigenvalue weighted by atomic mass is 15.0. The van der Waals surface area contributed by atoms with E-state index in [2.05, 4.69) is 144 Å². The zero-order chi connectivity index (χ0) is 31.2. The summed E-state index contributed by atoms with van der Waals surface area (Å²) in [7, 11) is 0. The SMILES string of the molecule is C=Cc1c(C=C)n(-c2ccc(-c3cccc(C#N)c3)cc2)c2ccc(-c3ccc4c(c3)c3ccccc3n4-c3ccccc3)cc12. The summed E-state index contributed by atoms with van der Waals surface area (Å²) in [5.74, 6) is 0. The number of para-hydroxylation sites is 2. The molecule has 0 spiro atoms. The van der Waals surface area contributed by atoms with E-state index in [9.17, 15) is 5.26 Å². The zero-order valence-corrected chi connectivity index (χ0v) is 25.2. The van der Waals surface area contributed by atoms with Crippen LogP contribution in [-0.2, 0) is 0 Å². The van der Waals surface area contributed by atoms with Crippen molar-refractivity contribution in [3.8, 4) is 39.7 Å². The van der Waals surface area contributed by atoms with Gasteiger partial charge in [0.2, 0.25) is 0 Å². The van der Waals surface area contributed by atoms with E-state index in [0.717, 1.165) is 55.8 Å². The summed E-state index contributed by atoms with van der Waals surface area (Å²) < 4.78 is 4.59. The molecule has 0 aliphatic heterocycles. The van der Waals surface area contributed by atoms with Crippen LogP contribution in [0.4, 0.5) is 0 Å². The quantitative estimate of drug-likeness (QED) is 0.190. The molecule has 0 N–H and O–H groups in total. The number of aromatic nitrogens is 2. The van der Waals surface area contributed by atoms with Gasteiger partial charge in [0.05, 0.1) is 33.9 Å². The summed E-state index contributed by atoms with van der Waals surface area (Å²) in [6, 6.07) is 51.0. The summed E-state index contributed by atoms with van der Waals surface area (Å²) in [6.45, 7) is 8.36. The van der Waals surface area contributed by atoms with Gasteiger partial charge in [0, 0.05) is 33.1 Å².